The van der Waals surface area contributed by atoms with Gasteiger partial charge in [-0.1, -0.05) is 13.0 Å². The molecule has 0 radical (unpaired) electrons. The van der Waals surface area contributed by atoms with Crippen LogP contribution in [0.15, 0.2) is 18.3 Å². The van der Waals surface area contributed by atoms with Crippen molar-refractivity contribution >= 4 is 11.3 Å². The van der Waals surface area contributed by atoms with Crippen molar-refractivity contribution in [1.82, 2.24) is 15.3 Å². The van der Waals surface area contributed by atoms with E-state index >= 15 is 0 Å². The minimum atomic E-state index is 0.357. The molecule has 0 saturated carbocycles. The molecule has 1 atom stereocenters. The van der Waals surface area contributed by atoms with E-state index in [0.717, 1.165) is 29.4 Å². The molecule has 0 fully saturated rings. The lowest BCUT2D eigenvalue weighted by Crippen LogP contribution is -2.18. The molecule has 0 amide bonds. The Kier molecular flexibility index (Phi) is 4.66. The molecule has 2 aromatic rings. The quantitative estimate of drug-likeness (QED) is 0.899. The van der Waals surface area contributed by atoms with E-state index in [1.165, 1.54) is 10.4 Å². The Morgan fingerprint density at radius 2 is 2.16 bits per heavy atom. The van der Waals surface area contributed by atoms with Crippen LogP contribution in [0, 0.1) is 13.8 Å². The zero-order chi connectivity index (χ0) is 13.8. The van der Waals surface area contributed by atoms with Crippen LogP contribution >= 0.6 is 11.3 Å². The summed E-state index contributed by atoms with van der Waals surface area (Å²) in [4.78, 5) is 10.5. The summed E-state index contributed by atoms with van der Waals surface area (Å²) < 4.78 is 0. The van der Waals surface area contributed by atoms with E-state index in [2.05, 4.69) is 49.0 Å². The van der Waals surface area contributed by atoms with Gasteiger partial charge in [-0.25, -0.2) is 4.98 Å². The molecule has 1 unspecified atom stereocenters. The van der Waals surface area contributed by atoms with E-state index in [4.69, 9.17) is 0 Å². The predicted octanol–water partition coefficient (Wildman–Crippen LogP) is 3.88. The third-order valence-electron chi connectivity index (χ3n) is 3.14. The Balaban J connectivity index is 2.28. The van der Waals surface area contributed by atoms with Gasteiger partial charge in [-0.2, -0.15) is 0 Å². The molecular weight excluding hydrogens is 254 g/mol. The summed E-state index contributed by atoms with van der Waals surface area (Å²) in [6, 6.07) is 4.40. The molecule has 0 aliphatic rings. The summed E-state index contributed by atoms with van der Waals surface area (Å²) in [5.74, 6) is 0. The molecule has 102 valence electrons. The van der Waals surface area contributed by atoms with Crippen molar-refractivity contribution in [3.05, 3.63) is 34.5 Å². The molecule has 0 aliphatic carbocycles. The van der Waals surface area contributed by atoms with Gasteiger partial charge in [-0.3, -0.25) is 4.98 Å². The smallest absolute Gasteiger partial charge is 0.142 e. The van der Waals surface area contributed by atoms with Crippen LogP contribution < -0.4 is 5.32 Å². The summed E-state index contributed by atoms with van der Waals surface area (Å²) in [5.41, 5.74) is 3.29. The van der Waals surface area contributed by atoms with Crippen LogP contribution in [0.2, 0.25) is 0 Å². The fourth-order valence-corrected chi connectivity index (χ4v) is 3.23. The maximum Gasteiger partial charge on any atom is 0.142 e. The van der Waals surface area contributed by atoms with E-state index in [1.807, 2.05) is 12.3 Å². The van der Waals surface area contributed by atoms with Crippen molar-refractivity contribution in [2.45, 2.75) is 40.2 Å². The van der Waals surface area contributed by atoms with Crippen molar-refractivity contribution in [1.29, 1.82) is 0 Å². The van der Waals surface area contributed by atoms with Crippen LogP contribution in [-0.4, -0.2) is 16.5 Å². The van der Waals surface area contributed by atoms with Crippen molar-refractivity contribution in [3.8, 4) is 10.7 Å². The zero-order valence-electron chi connectivity index (χ0n) is 12.0. The van der Waals surface area contributed by atoms with E-state index in [-0.39, 0.29) is 0 Å². The van der Waals surface area contributed by atoms with Crippen LogP contribution in [0.1, 0.15) is 42.4 Å². The van der Waals surface area contributed by atoms with E-state index in [9.17, 15) is 0 Å². The number of hydrogen-bond donors (Lipinski definition) is 1. The average molecular weight is 275 g/mol. The average Bonchev–Trinajstić information content (AvgIpc) is 2.78. The minimum absolute atomic E-state index is 0.357. The van der Waals surface area contributed by atoms with Gasteiger partial charge in [-0.05, 0) is 45.4 Å². The molecule has 2 heterocycles. The van der Waals surface area contributed by atoms with E-state index in [1.54, 1.807) is 11.3 Å². The molecule has 3 nitrogen and oxygen atoms in total. The molecule has 0 spiro atoms. The first kappa shape index (κ1) is 14.2. The number of nitrogens with zero attached hydrogens (tertiary/aromatic N) is 2. The standard InChI is InChI=1S/C15H21N3S/c1-5-8-16-11(3)14-12(4)18-15(19-14)13-10(2)7-6-9-17-13/h6-7,9,11,16H,5,8H2,1-4H3. The second-order valence-electron chi connectivity index (χ2n) is 4.81. The number of aryl methyl sites for hydroxylation is 2. The third-order valence-corrected chi connectivity index (χ3v) is 4.49. The summed E-state index contributed by atoms with van der Waals surface area (Å²) >= 11 is 1.75. The largest absolute Gasteiger partial charge is 0.309 e. The lowest BCUT2D eigenvalue weighted by atomic mass is 10.2. The minimum Gasteiger partial charge on any atom is -0.309 e. The SMILES string of the molecule is CCCNC(C)c1sc(-c2ncccc2C)nc1C. The first-order valence-corrected chi connectivity index (χ1v) is 7.57. The molecule has 2 rings (SSSR count). The van der Waals surface area contributed by atoms with Gasteiger partial charge in [0.05, 0.1) is 5.69 Å². The van der Waals surface area contributed by atoms with Crippen molar-refractivity contribution in [3.63, 3.8) is 0 Å². The van der Waals surface area contributed by atoms with Crippen molar-refractivity contribution < 1.29 is 0 Å². The number of thiazole rings is 1. The summed E-state index contributed by atoms with van der Waals surface area (Å²) in [5, 5.41) is 4.54. The van der Waals surface area contributed by atoms with Gasteiger partial charge in [0, 0.05) is 17.1 Å². The molecule has 0 aromatic carbocycles. The van der Waals surface area contributed by atoms with Crippen molar-refractivity contribution in [2.75, 3.05) is 6.54 Å². The van der Waals surface area contributed by atoms with Gasteiger partial charge in [0.1, 0.15) is 10.7 Å². The van der Waals surface area contributed by atoms with Gasteiger partial charge in [0.25, 0.3) is 0 Å². The fourth-order valence-electron chi connectivity index (χ4n) is 2.07. The first-order chi connectivity index (χ1) is 9.13. The number of pyridine rings is 1. The van der Waals surface area contributed by atoms with Gasteiger partial charge in [0.2, 0.25) is 0 Å². The monoisotopic (exact) mass is 275 g/mol. The maximum absolute atomic E-state index is 4.69. The van der Waals surface area contributed by atoms with Gasteiger partial charge < -0.3 is 5.32 Å². The number of hydrogen-bond acceptors (Lipinski definition) is 4. The Hall–Kier alpha value is -1.26. The van der Waals surface area contributed by atoms with Crippen molar-refractivity contribution in [2.24, 2.45) is 0 Å². The van der Waals surface area contributed by atoms with Crippen LogP contribution in [0.5, 0.6) is 0 Å². The molecule has 19 heavy (non-hydrogen) atoms. The van der Waals surface area contributed by atoms with Crippen LogP contribution in [0.3, 0.4) is 0 Å². The molecule has 1 N–H and O–H groups in total. The topological polar surface area (TPSA) is 37.8 Å². The zero-order valence-corrected chi connectivity index (χ0v) is 12.8. The Bertz CT molecular complexity index is 548. The second kappa shape index (κ2) is 6.26. The predicted molar refractivity (Wildman–Crippen MR) is 81.5 cm³/mol. The maximum atomic E-state index is 4.69. The van der Waals surface area contributed by atoms with Crippen LogP contribution in [0.4, 0.5) is 0 Å². The molecule has 4 heteroatoms. The molecule has 0 bridgehead atoms. The van der Waals surface area contributed by atoms with E-state index in [0.29, 0.717) is 6.04 Å². The molecule has 2 aromatic heterocycles. The lowest BCUT2D eigenvalue weighted by Gasteiger charge is -2.11. The van der Waals surface area contributed by atoms with Gasteiger partial charge in [-0.15, -0.1) is 11.3 Å². The molecular formula is C15H21N3S. The first-order valence-electron chi connectivity index (χ1n) is 6.76. The summed E-state index contributed by atoms with van der Waals surface area (Å²) in [7, 11) is 0. The highest BCUT2D eigenvalue weighted by Gasteiger charge is 2.16. The molecule has 0 aliphatic heterocycles. The normalized spacial score (nSPS) is 12.6. The van der Waals surface area contributed by atoms with Crippen LogP contribution in [-0.2, 0) is 0 Å². The third kappa shape index (κ3) is 3.19. The fraction of sp³-hybridized carbons (Fsp3) is 0.467. The summed E-state index contributed by atoms with van der Waals surface area (Å²) in [6.45, 7) is 9.58. The number of aromatic nitrogens is 2. The molecule has 0 saturated heterocycles. The van der Waals surface area contributed by atoms with Crippen LogP contribution in [0.25, 0.3) is 10.7 Å². The Morgan fingerprint density at radius 3 is 2.84 bits per heavy atom. The second-order valence-corrected chi connectivity index (χ2v) is 5.84. The highest BCUT2D eigenvalue weighted by Crippen LogP contribution is 2.31. The lowest BCUT2D eigenvalue weighted by molar-refractivity contribution is 0.575. The summed E-state index contributed by atoms with van der Waals surface area (Å²) in [6.07, 6.45) is 2.98. The highest BCUT2D eigenvalue weighted by molar-refractivity contribution is 7.15. The number of nitrogens with one attached hydrogen (secondary N) is 1. The highest BCUT2D eigenvalue weighted by atomic mass is 32.1. The Labute approximate surface area is 119 Å². The van der Waals surface area contributed by atoms with Gasteiger partial charge in [0.15, 0.2) is 0 Å². The van der Waals surface area contributed by atoms with E-state index < -0.39 is 0 Å². The van der Waals surface area contributed by atoms with Gasteiger partial charge >= 0.3 is 0 Å². The Morgan fingerprint density at radius 1 is 1.37 bits per heavy atom. The number of rotatable bonds is 5.